The molecule has 1 unspecified atom stereocenters. The number of carbonyl (C=O) groups excluding carboxylic acids is 2. The highest BCUT2D eigenvalue weighted by atomic mass is 16.3. The van der Waals surface area contributed by atoms with Crippen molar-refractivity contribution in [1.29, 1.82) is 0 Å². The van der Waals surface area contributed by atoms with Gasteiger partial charge in [0.1, 0.15) is 11.3 Å². The summed E-state index contributed by atoms with van der Waals surface area (Å²) in [5.74, 6) is -0.642. The normalized spacial score (nSPS) is 12.4. The highest BCUT2D eigenvalue weighted by Gasteiger charge is 2.37. The molecule has 2 rings (SSSR count). The van der Waals surface area contributed by atoms with Crippen LogP contribution in [-0.4, -0.2) is 47.0 Å². The van der Waals surface area contributed by atoms with Crippen LogP contribution in [0.1, 0.15) is 23.7 Å². The van der Waals surface area contributed by atoms with Crippen molar-refractivity contribution in [3.63, 3.8) is 0 Å². The lowest BCUT2D eigenvalue weighted by atomic mass is 10.1. The molecule has 0 bridgehead atoms. The first-order valence-electron chi connectivity index (χ1n) is 8.03. The van der Waals surface area contributed by atoms with Gasteiger partial charge in [-0.3, -0.25) is 14.1 Å². The first-order chi connectivity index (χ1) is 12.2. The van der Waals surface area contributed by atoms with Crippen molar-refractivity contribution in [2.75, 3.05) is 19.4 Å². The minimum Gasteiger partial charge on any atom is -0.508 e. The van der Waals surface area contributed by atoms with Crippen molar-refractivity contribution in [2.45, 2.75) is 19.4 Å². The lowest BCUT2D eigenvalue weighted by Gasteiger charge is -2.32. The van der Waals surface area contributed by atoms with Crippen LogP contribution < -0.4 is 21.3 Å². The Kier molecular flexibility index (Phi) is 5.41. The standard InChI is InChI=1S/C17H22N6O3/c1-4-13(15(19)26)23(2,3)17-20-9-12(14(18)25)16(22-17)21-10-6-5-7-11(24)8-10/h5-9,13H,4H2,1-3H3,(H5-,18,19,20,21,22,24,25,26)/p+1. The quantitative estimate of drug-likeness (QED) is 0.540. The molecule has 0 aliphatic carbocycles. The van der Waals surface area contributed by atoms with Crippen LogP contribution in [0.2, 0.25) is 0 Å². The molecule has 0 aliphatic heterocycles. The minimum atomic E-state index is -0.702. The van der Waals surface area contributed by atoms with E-state index in [9.17, 15) is 14.7 Å². The number of quaternary nitrogens is 1. The number of carbonyl (C=O) groups is 2. The number of amides is 2. The maximum Gasteiger partial charge on any atom is 0.331 e. The van der Waals surface area contributed by atoms with Crippen LogP contribution in [0.5, 0.6) is 5.75 Å². The second kappa shape index (κ2) is 7.36. The van der Waals surface area contributed by atoms with E-state index < -0.39 is 17.9 Å². The van der Waals surface area contributed by atoms with E-state index in [4.69, 9.17) is 11.5 Å². The number of aromatic nitrogens is 2. The fourth-order valence-electron chi connectivity index (χ4n) is 2.76. The second-order valence-corrected chi connectivity index (χ2v) is 6.34. The molecular weight excluding hydrogens is 336 g/mol. The highest BCUT2D eigenvalue weighted by molar-refractivity contribution is 5.98. The number of nitrogens with zero attached hydrogens (tertiary/aromatic N) is 3. The lowest BCUT2D eigenvalue weighted by Crippen LogP contribution is -2.56. The van der Waals surface area contributed by atoms with E-state index in [-0.39, 0.29) is 21.6 Å². The molecule has 6 N–H and O–H groups in total. The number of likely N-dealkylation sites (N-methyl/N-ethyl adjacent to an activating group) is 1. The zero-order valence-corrected chi connectivity index (χ0v) is 14.9. The van der Waals surface area contributed by atoms with E-state index in [1.54, 1.807) is 26.2 Å². The van der Waals surface area contributed by atoms with E-state index in [1.165, 1.54) is 18.3 Å². The maximum atomic E-state index is 11.8. The SMILES string of the molecule is CCC(C(N)=O)[N+](C)(C)c1ncc(C(N)=O)c(Nc2cccc(O)c2)n1. The number of hydrogen-bond acceptors (Lipinski definition) is 6. The molecule has 1 aromatic carbocycles. The summed E-state index contributed by atoms with van der Waals surface area (Å²) < 4.78 is 0.0135. The molecule has 2 amide bonds. The average molecular weight is 359 g/mol. The fraction of sp³-hybridized carbons (Fsp3) is 0.294. The largest absolute Gasteiger partial charge is 0.508 e. The summed E-state index contributed by atoms with van der Waals surface area (Å²) in [7, 11) is 3.52. The van der Waals surface area contributed by atoms with E-state index in [2.05, 4.69) is 15.3 Å². The fourth-order valence-corrected chi connectivity index (χ4v) is 2.76. The summed E-state index contributed by atoms with van der Waals surface area (Å²) in [6.45, 7) is 1.85. The second-order valence-electron chi connectivity index (χ2n) is 6.34. The molecule has 0 spiro atoms. The number of nitrogens with one attached hydrogen (secondary N) is 1. The van der Waals surface area contributed by atoms with Gasteiger partial charge in [-0.05, 0) is 12.1 Å². The number of hydrogen-bond donors (Lipinski definition) is 4. The summed E-state index contributed by atoms with van der Waals surface area (Å²) in [5.41, 5.74) is 11.5. The Morgan fingerprint density at radius 3 is 2.54 bits per heavy atom. The van der Waals surface area contributed by atoms with Crippen molar-refractivity contribution in [3.8, 4) is 5.75 Å². The predicted molar refractivity (Wildman–Crippen MR) is 98.9 cm³/mol. The first-order valence-corrected chi connectivity index (χ1v) is 8.03. The Hall–Kier alpha value is -3.20. The average Bonchev–Trinajstić information content (AvgIpc) is 2.54. The topological polar surface area (TPSA) is 144 Å². The Balaban J connectivity index is 2.51. The highest BCUT2D eigenvalue weighted by Crippen LogP contribution is 2.26. The van der Waals surface area contributed by atoms with Gasteiger partial charge in [-0.15, -0.1) is 0 Å². The number of phenolic OH excluding ortho intramolecular Hbond substituents is 1. The van der Waals surface area contributed by atoms with Gasteiger partial charge in [0, 0.05) is 18.2 Å². The van der Waals surface area contributed by atoms with Gasteiger partial charge in [0.05, 0.1) is 20.3 Å². The number of anilines is 2. The molecule has 2 aromatic rings. The number of phenols is 1. The van der Waals surface area contributed by atoms with Crippen LogP contribution in [0.4, 0.5) is 17.5 Å². The lowest BCUT2D eigenvalue weighted by molar-refractivity contribution is -0.122. The van der Waals surface area contributed by atoms with Gasteiger partial charge in [0.15, 0.2) is 11.9 Å². The van der Waals surface area contributed by atoms with E-state index in [0.717, 1.165) is 0 Å². The molecule has 0 fully saturated rings. The number of benzene rings is 1. The third-order valence-electron chi connectivity index (χ3n) is 4.16. The van der Waals surface area contributed by atoms with Crippen LogP contribution >= 0.6 is 0 Å². The van der Waals surface area contributed by atoms with E-state index in [0.29, 0.717) is 18.1 Å². The molecule has 1 aromatic heterocycles. The Labute approximate surface area is 151 Å². The van der Waals surface area contributed by atoms with Gasteiger partial charge < -0.3 is 21.9 Å². The smallest absolute Gasteiger partial charge is 0.331 e. The molecule has 9 nitrogen and oxygen atoms in total. The molecule has 138 valence electrons. The van der Waals surface area contributed by atoms with Crippen molar-refractivity contribution >= 4 is 29.3 Å². The van der Waals surface area contributed by atoms with Crippen LogP contribution in [0.15, 0.2) is 30.5 Å². The Bertz CT molecular complexity index is 837. The van der Waals surface area contributed by atoms with Gasteiger partial charge in [-0.1, -0.05) is 13.0 Å². The van der Waals surface area contributed by atoms with Crippen LogP contribution in [0.3, 0.4) is 0 Å². The zero-order chi connectivity index (χ0) is 19.5. The summed E-state index contributed by atoms with van der Waals surface area (Å²) in [6, 6.07) is 5.80. The third kappa shape index (κ3) is 3.89. The molecule has 0 radical (unpaired) electrons. The van der Waals surface area contributed by atoms with Crippen LogP contribution in [0, 0.1) is 0 Å². The van der Waals surface area contributed by atoms with Gasteiger partial charge in [-0.25, -0.2) is 0 Å². The van der Waals surface area contributed by atoms with Crippen LogP contribution in [-0.2, 0) is 4.79 Å². The maximum absolute atomic E-state index is 11.8. The van der Waals surface area contributed by atoms with Gasteiger partial charge >= 0.3 is 5.95 Å². The Morgan fingerprint density at radius 1 is 1.31 bits per heavy atom. The van der Waals surface area contributed by atoms with Gasteiger partial charge in [0.25, 0.3) is 11.8 Å². The first kappa shape index (κ1) is 19.1. The molecule has 9 heteroatoms. The molecule has 26 heavy (non-hydrogen) atoms. The molecule has 0 saturated heterocycles. The number of primary amides is 2. The summed E-state index contributed by atoms with van der Waals surface area (Å²) in [4.78, 5) is 32.1. The van der Waals surface area contributed by atoms with Crippen molar-refractivity contribution in [3.05, 3.63) is 36.0 Å². The van der Waals surface area contributed by atoms with Gasteiger partial charge in [-0.2, -0.15) is 9.97 Å². The monoisotopic (exact) mass is 359 g/mol. The number of rotatable bonds is 7. The number of aromatic hydroxyl groups is 1. The molecule has 0 saturated carbocycles. The predicted octanol–water partition coefficient (Wildman–Crippen LogP) is 0.855. The van der Waals surface area contributed by atoms with Crippen molar-refractivity contribution in [2.24, 2.45) is 11.5 Å². The van der Waals surface area contributed by atoms with Crippen molar-refractivity contribution < 1.29 is 14.7 Å². The van der Waals surface area contributed by atoms with E-state index >= 15 is 0 Å². The molecule has 1 atom stereocenters. The minimum absolute atomic E-state index is 0.0135. The van der Waals surface area contributed by atoms with Gasteiger partial charge in [0.2, 0.25) is 0 Å². The number of nitrogens with two attached hydrogens (primary N) is 2. The molecule has 0 aliphatic rings. The zero-order valence-electron chi connectivity index (χ0n) is 14.9. The van der Waals surface area contributed by atoms with Crippen LogP contribution in [0.25, 0.3) is 0 Å². The third-order valence-corrected chi connectivity index (χ3v) is 4.16. The van der Waals surface area contributed by atoms with E-state index in [1.807, 2.05) is 6.92 Å². The summed E-state index contributed by atoms with van der Waals surface area (Å²) in [5, 5.41) is 12.6. The summed E-state index contributed by atoms with van der Waals surface area (Å²) in [6.07, 6.45) is 1.81. The summed E-state index contributed by atoms with van der Waals surface area (Å²) >= 11 is 0. The van der Waals surface area contributed by atoms with Crippen molar-refractivity contribution in [1.82, 2.24) is 14.5 Å². The Morgan fingerprint density at radius 2 is 2.00 bits per heavy atom. The molecule has 1 heterocycles. The molecular formula is C17H23N6O3+.